The lowest BCUT2D eigenvalue weighted by Gasteiger charge is -2.33. The van der Waals surface area contributed by atoms with Crippen LogP contribution in [0, 0.1) is 6.92 Å². The topological polar surface area (TPSA) is 72.2 Å². The van der Waals surface area contributed by atoms with Crippen LogP contribution in [-0.2, 0) is 9.59 Å². The second kappa shape index (κ2) is 9.63. The molecule has 1 aromatic heterocycles. The van der Waals surface area contributed by atoms with Gasteiger partial charge in [-0.05, 0) is 43.2 Å². The summed E-state index contributed by atoms with van der Waals surface area (Å²) >= 11 is 0. The SMILES string of the molecule is COc1ccc(-c2coc3c(C)c(OC)c(/C(C)=C/C(=O)N4CCN(C(C)=O)CC4)cc23)cc1. The fraction of sp³-hybridized carbons (Fsp3) is 0.333. The van der Waals surface area contributed by atoms with Crippen LogP contribution in [0.4, 0.5) is 0 Å². The van der Waals surface area contributed by atoms with Crippen LogP contribution in [0.3, 0.4) is 0 Å². The number of ether oxygens (including phenoxy) is 2. The molecule has 0 spiro atoms. The third kappa shape index (κ3) is 4.38. The van der Waals surface area contributed by atoms with Gasteiger partial charge in [0.25, 0.3) is 0 Å². The zero-order valence-corrected chi connectivity index (χ0v) is 20.3. The third-order valence-electron chi connectivity index (χ3n) is 6.45. The first-order valence-electron chi connectivity index (χ1n) is 11.3. The second-order valence-electron chi connectivity index (χ2n) is 8.50. The first-order chi connectivity index (χ1) is 16.3. The lowest BCUT2D eigenvalue weighted by atomic mass is 9.96. The van der Waals surface area contributed by atoms with E-state index in [0.29, 0.717) is 31.9 Å². The molecule has 0 atom stereocenters. The van der Waals surface area contributed by atoms with Gasteiger partial charge in [0.15, 0.2) is 0 Å². The number of allylic oxidation sites excluding steroid dienone is 1. The Morgan fingerprint density at radius 2 is 1.62 bits per heavy atom. The number of benzene rings is 2. The van der Waals surface area contributed by atoms with Crippen molar-refractivity contribution >= 4 is 28.4 Å². The highest BCUT2D eigenvalue weighted by atomic mass is 16.5. The first-order valence-corrected chi connectivity index (χ1v) is 11.3. The summed E-state index contributed by atoms with van der Waals surface area (Å²) in [5.74, 6) is 1.45. The number of fused-ring (bicyclic) bond motifs is 1. The van der Waals surface area contributed by atoms with Crippen LogP contribution in [0.15, 0.2) is 47.1 Å². The van der Waals surface area contributed by atoms with Crippen LogP contribution in [0.5, 0.6) is 11.5 Å². The van der Waals surface area contributed by atoms with Gasteiger partial charge in [0, 0.05) is 61.3 Å². The number of piperazine rings is 1. The van der Waals surface area contributed by atoms with Gasteiger partial charge in [0.1, 0.15) is 17.1 Å². The molecule has 2 aromatic carbocycles. The lowest BCUT2D eigenvalue weighted by Crippen LogP contribution is -2.49. The van der Waals surface area contributed by atoms with Crippen molar-refractivity contribution in [1.82, 2.24) is 9.80 Å². The number of furan rings is 1. The molecule has 0 bridgehead atoms. The van der Waals surface area contributed by atoms with E-state index in [1.165, 1.54) is 0 Å². The number of carbonyl (C=O) groups excluding carboxylic acids is 2. The molecule has 0 N–H and O–H groups in total. The minimum Gasteiger partial charge on any atom is -0.497 e. The van der Waals surface area contributed by atoms with E-state index in [-0.39, 0.29) is 11.8 Å². The van der Waals surface area contributed by atoms with Gasteiger partial charge in [-0.1, -0.05) is 12.1 Å². The quantitative estimate of drug-likeness (QED) is 0.522. The highest BCUT2D eigenvalue weighted by Gasteiger charge is 2.23. The molecule has 2 amide bonds. The van der Waals surface area contributed by atoms with Gasteiger partial charge in [0.2, 0.25) is 11.8 Å². The van der Waals surface area contributed by atoms with E-state index in [0.717, 1.165) is 44.5 Å². The van der Waals surface area contributed by atoms with Gasteiger partial charge < -0.3 is 23.7 Å². The Kier molecular flexibility index (Phi) is 6.63. The number of carbonyl (C=O) groups is 2. The number of aryl methyl sites for hydroxylation is 1. The second-order valence-corrected chi connectivity index (χ2v) is 8.50. The number of methoxy groups -OCH3 is 2. The molecular weight excluding hydrogens is 432 g/mol. The highest BCUT2D eigenvalue weighted by Crippen LogP contribution is 2.40. The van der Waals surface area contributed by atoms with Crippen molar-refractivity contribution in [3.63, 3.8) is 0 Å². The third-order valence-corrected chi connectivity index (χ3v) is 6.45. The minimum absolute atomic E-state index is 0.0418. The number of rotatable bonds is 5. The van der Waals surface area contributed by atoms with Gasteiger partial charge in [0.05, 0.1) is 20.5 Å². The number of nitrogens with zero attached hydrogens (tertiary/aromatic N) is 2. The number of hydrogen-bond acceptors (Lipinski definition) is 5. The summed E-state index contributed by atoms with van der Waals surface area (Å²) in [4.78, 5) is 28.1. The van der Waals surface area contributed by atoms with Crippen molar-refractivity contribution in [2.24, 2.45) is 0 Å². The van der Waals surface area contributed by atoms with Gasteiger partial charge >= 0.3 is 0 Å². The number of hydrogen-bond donors (Lipinski definition) is 0. The molecule has 1 saturated heterocycles. The summed E-state index contributed by atoms with van der Waals surface area (Å²) in [6.07, 6.45) is 3.40. The van der Waals surface area contributed by atoms with Crippen molar-refractivity contribution in [1.29, 1.82) is 0 Å². The van der Waals surface area contributed by atoms with E-state index in [4.69, 9.17) is 13.9 Å². The van der Waals surface area contributed by atoms with E-state index in [1.54, 1.807) is 43.3 Å². The first kappa shape index (κ1) is 23.4. The predicted molar refractivity (Wildman–Crippen MR) is 132 cm³/mol. The van der Waals surface area contributed by atoms with Crippen molar-refractivity contribution in [2.75, 3.05) is 40.4 Å². The molecule has 1 aliphatic rings. The summed E-state index contributed by atoms with van der Waals surface area (Å²) in [5, 5.41) is 0.953. The molecule has 178 valence electrons. The van der Waals surface area contributed by atoms with E-state index in [1.807, 2.05) is 44.2 Å². The van der Waals surface area contributed by atoms with Crippen LogP contribution in [-0.4, -0.2) is 62.0 Å². The Morgan fingerprint density at radius 1 is 0.971 bits per heavy atom. The summed E-state index contributed by atoms with van der Waals surface area (Å²) in [6, 6.07) is 9.85. The van der Waals surface area contributed by atoms with E-state index in [9.17, 15) is 9.59 Å². The van der Waals surface area contributed by atoms with Gasteiger partial charge in [-0.25, -0.2) is 0 Å². The standard InChI is InChI=1S/C27H30N2O5/c1-17(14-25(31)29-12-10-28(11-13-29)19(3)30)22-15-23-24(20-6-8-21(32-4)9-7-20)16-34-27(23)18(2)26(22)33-5/h6-9,14-16H,10-13H2,1-5H3/b17-14+. The highest BCUT2D eigenvalue weighted by molar-refractivity contribution is 6.01. The van der Waals surface area contributed by atoms with Gasteiger partial charge in [-0.15, -0.1) is 0 Å². The normalized spacial score (nSPS) is 14.4. The minimum atomic E-state index is -0.0666. The largest absolute Gasteiger partial charge is 0.497 e. The fourth-order valence-corrected chi connectivity index (χ4v) is 4.46. The van der Waals surface area contributed by atoms with Gasteiger partial charge in [-0.3, -0.25) is 9.59 Å². The maximum atomic E-state index is 13.0. The van der Waals surface area contributed by atoms with Crippen molar-refractivity contribution < 1.29 is 23.5 Å². The van der Waals surface area contributed by atoms with Crippen LogP contribution >= 0.6 is 0 Å². The van der Waals surface area contributed by atoms with Crippen LogP contribution < -0.4 is 9.47 Å². The summed E-state index contributed by atoms with van der Waals surface area (Å²) in [5.41, 5.74) is 5.26. The predicted octanol–water partition coefficient (Wildman–Crippen LogP) is 4.52. The Morgan fingerprint density at radius 3 is 2.21 bits per heavy atom. The molecule has 34 heavy (non-hydrogen) atoms. The monoisotopic (exact) mass is 462 g/mol. The average molecular weight is 463 g/mol. The Labute approximate surface area is 199 Å². The smallest absolute Gasteiger partial charge is 0.246 e. The molecule has 1 aliphatic heterocycles. The van der Waals surface area contributed by atoms with E-state index < -0.39 is 0 Å². The summed E-state index contributed by atoms with van der Waals surface area (Å²) < 4.78 is 16.9. The Balaban J connectivity index is 1.69. The zero-order valence-electron chi connectivity index (χ0n) is 20.3. The van der Waals surface area contributed by atoms with Crippen LogP contribution in [0.1, 0.15) is 25.0 Å². The molecule has 3 aromatic rings. The maximum absolute atomic E-state index is 13.0. The molecule has 0 radical (unpaired) electrons. The van der Waals surface area contributed by atoms with E-state index >= 15 is 0 Å². The Hall–Kier alpha value is -3.74. The van der Waals surface area contributed by atoms with Gasteiger partial charge in [-0.2, -0.15) is 0 Å². The molecule has 0 unspecified atom stereocenters. The molecule has 0 aliphatic carbocycles. The van der Waals surface area contributed by atoms with E-state index in [2.05, 4.69) is 0 Å². The van der Waals surface area contributed by atoms with Crippen LogP contribution in [0.2, 0.25) is 0 Å². The molecule has 4 rings (SSSR count). The fourth-order valence-electron chi connectivity index (χ4n) is 4.46. The Bertz CT molecular complexity index is 1250. The van der Waals surface area contributed by atoms with Crippen LogP contribution in [0.25, 0.3) is 27.7 Å². The van der Waals surface area contributed by atoms with Crippen molar-refractivity contribution in [3.05, 3.63) is 53.8 Å². The molecule has 0 saturated carbocycles. The summed E-state index contributed by atoms with van der Waals surface area (Å²) in [6.45, 7) is 7.61. The lowest BCUT2D eigenvalue weighted by molar-refractivity contribution is -0.135. The zero-order chi connectivity index (χ0) is 24.4. The maximum Gasteiger partial charge on any atom is 0.246 e. The number of amides is 2. The molecular formula is C27H30N2O5. The summed E-state index contributed by atoms with van der Waals surface area (Å²) in [7, 11) is 3.27. The molecule has 2 heterocycles. The molecule has 7 nitrogen and oxygen atoms in total. The molecule has 1 fully saturated rings. The van der Waals surface area contributed by atoms with Crippen molar-refractivity contribution in [3.8, 4) is 22.6 Å². The van der Waals surface area contributed by atoms with Crippen molar-refractivity contribution in [2.45, 2.75) is 20.8 Å². The molecule has 7 heteroatoms. The average Bonchev–Trinajstić information content (AvgIpc) is 3.28.